The molecule has 6 rings (SSSR count). The number of esters is 4. The van der Waals surface area contributed by atoms with Gasteiger partial charge in [0.15, 0.2) is 11.7 Å². The lowest BCUT2D eigenvalue weighted by molar-refractivity contribution is -0.382. The van der Waals surface area contributed by atoms with E-state index in [4.69, 9.17) is 28.1 Å². The molecule has 47 heavy (non-hydrogen) atoms. The number of furan rings is 1. The summed E-state index contributed by atoms with van der Waals surface area (Å²) in [6.07, 6.45) is 0.108. The Kier molecular flexibility index (Phi) is 7.59. The fourth-order valence-corrected chi connectivity index (χ4v) is 10.6. The van der Waals surface area contributed by atoms with Gasteiger partial charge in [0, 0.05) is 33.6 Å². The van der Waals surface area contributed by atoms with Gasteiger partial charge in [0.2, 0.25) is 5.79 Å². The molecule has 0 unspecified atom stereocenters. The smallest absolute Gasteiger partial charge is 0.310 e. The lowest BCUT2D eigenvalue weighted by Crippen LogP contribution is -2.85. The topological polar surface area (TPSA) is 168 Å². The van der Waals surface area contributed by atoms with E-state index in [2.05, 4.69) is 0 Å². The zero-order chi connectivity index (χ0) is 34.7. The third-order valence-corrected chi connectivity index (χ3v) is 12.9. The fourth-order valence-electron chi connectivity index (χ4n) is 10.6. The molecule has 0 amide bonds. The monoisotopic (exact) mass is 660 g/mol. The van der Waals surface area contributed by atoms with Gasteiger partial charge in [-0.1, -0.05) is 55.4 Å². The van der Waals surface area contributed by atoms with E-state index in [9.17, 15) is 29.4 Å². The van der Waals surface area contributed by atoms with E-state index in [-0.39, 0.29) is 6.42 Å². The van der Waals surface area contributed by atoms with Crippen molar-refractivity contribution in [2.24, 2.45) is 45.8 Å². The molecule has 4 heterocycles. The van der Waals surface area contributed by atoms with Crippen molar-refractivity contribution in [2.45, 2.75) is 116 Å². The van der Waals surface area contributed by atoms with Crippen LogP contribution in [0.25, 0.3) is 0 Å². The van der Waals surface area contributed by atoms with Gasteiger partial charge in [0.05, 0.1) is 43.8 Å². The van der Waals surface area contributed by atoms with Gasteiger partial charge in [-0.2, -0.15) is 0 Å². The van der Waals surface area contributed by atoms with Crippen molar-refractivity contribution in [3.05, 3.63) is 24.2 Å². The number of hydrogen-bond donors (Lipinski definition) is 2. The largest absolute Gasteiger partial charge is 0.472 e. The summed E-state index contributed by atoms with van der Waals surface area (Å²) in [5, 5.41) is 26.4. The van der Waals surface area contributed by atoms with Gasteiger partial charge in [0.1, 0.15) is 17.8 Å². The maximum absolute atomic E-state index is 13.9. The average Bonchev–Trinajstić information content (AvgIpc) is 3.66. The molecule has 3 saturated heterocycles. The standard InChI is InChI=1S/C35H48O12/c1-10-18(4)26(38)46-29-33-20(11-13-31(7)21(33)15-22(36)44-24(31)19-12-14-43-16-19)32(8)23(27(39)42-9)30(5,6)28(45-25(37)17(2)3)34(29,40)35(32,41)47-33/h12,14,16-18,20-21,23-24,28-29,40-41H,10-11,13,15H2,1-9H3/t18-,20+,21+,23-,24-,28-,29-,31+,32+,33+,34-,35+/m0/s1. The number of aliphatic hydroxyl groups is 2. The molecule has 2 N–H and O–H groups in total. The molecule has 1 aromatic heterocycles. The lowest BCUT2D eigenvalue weighted by atomic mass is 9.35. The maximum Gasteiger partial charge on any atom is 0.310 e. The summed E-state index contributed by atoms with van der Waals surface area (Å²) >= 11 is 0. The van der Waals surface area contributed by atoms with E-state index in [0.29, 0.717) is 24.8 Å². The summed E-state index contributed by atoms with van der Waals surface area (Å²) in [6, 6.07) is 1.72. The molecule has 260 valence electrons. The Morgan fingerprint density at radius 2 is 1.68 bits per heavy atom. The van der Waals surface area contributed by atoms with Crippen LogP contribution in [0, 0.1) is 45.8 Å². The highest BCUT2D eigenvalue weighted by atomic mass is 16.7. The van der Waals surface area contributed by atoms with Crippen molar-refractivity contribution < 1.29 is 57.5 Å². The van der Waals surface area contributed by atoms with Gasteiger partial charge in [0.25, 0.3) is 0 Å². The van der Waals surface area contributed by atoms with Crippen LogP contribution in [0.1, 0.15) is 92.7 Å². The quantitative estimate of drug-likeness (QED) is 0.321. The minimum atomic E-state index is -2.58. The van der Waals surface area contributed by atoms with Gasteiger partial charge >= 0.3 is 23.9 Å². The molecule has 3 aliphatic heterocycles. The summed E-state index contributed by atoms with van der Waals surface area (Å²) in [4.78, 5) is 54.6. The van der Waals surface area contributed by atoms with Crippen LogP contribution in [0.15, 0.2) is 23.0 Å². The van der Waals surface area contributed by atoms with Crippen LogP contribution in [-0.2, 0) is 42.9 Å². The Labute approximate surface area is 274 Å². The molecular weight excluding hydrogens is 612 g/mol. The number of methoxy groups -OCH3 is 1. The number of rotatable bonds is 7. The Balaban J connectivity index is 1.65. The Hall–Kier alpha value is -2.96. The van der Waals surface area contributed by atoms with Crippen molar-refractivity contribution in [3.8, 4) is 0 Å². The first-order chi connectivity index (χ1) is 21.8. The SMILES string of the molecule is CC[C@H](C)C(=O)O[C@H]1[C@@]23O[C@]4(O)[C@@](C)([C@@H](C(=O)OC)C(C)(C)[C@H](OC(=O)C(C)C)[C@]14O)[C@H]2CC[C@]1(C)[C@H]3CC(=O)O[C@H]1c1ccoc1. The van der Waals surface area contributed by atoms with Crippen molar-refractivity contribution in [1.82, 2.24) is 0 Å². The average molecular weight is 661 g/mol. The highest BCUT2D eigenvalue weighted by Crippen LogP contribution is 2.82. The molecule has 2 bridgehead atoms. The second-order valence-electron chi connectivity index (χ2n) is 15.9. The first-order valence-corrected chi connectivity index (χ1v) is 16.7. The summed E-state index contributed by atoms with van der Waals surface area (Å²) in [5.74, 6) is -9.01. The van der Waals surface area contributed by atoms with Crippen LogP contribution in [0.2, 0.25) is 0 Å². The normalized spacial score (nSPS) is 45.0. The van der Waals surface area contributed by atoms with E-state index < -0.39 is 105 Å². The van der Waals surface area contributed by atoms with E-state index in [1.54, 1.807) is 47.6 Å². The van der Waals surface area contributed by atoms with Crippen LogP contribution in [0.3, 0.4) is 0 Å². The van der Waals surface area contributed by atoms with E-state index in [1.807, 2.05) is 13.8 Å². The van der Waals surface area contributed by atoms with Gasteiger partial charge in [-0.15, -0.1) is 0 Å². The van der Waals surface area contributed by atoms with E-state index >= 15 is 0 Å². The Bertz CT molecular complexity index is 1470. The van der Waals surface area contributed by atoms with Crippen LogP contribution < -0.4 is 0 Å². The predicted molar refractivity (Wildman–Crippen MR) is 162 cm³/mol. The summed E-state index contributed by atoms with van der Waals surface area (Å²) in [6.45, 7) is 13.8. The molecule has 12 heteroatoms. The van der Waals surface area contributed by atoms with Gasteiger partial charge in [-0.3, -0.25) is 19.2 Å². The van der Waals surface area contributed by atoms with Gasteiger partial charge in [-0.05, 0) is 25.3 Å². The number of carbonyl (C=O) groups is 4. The lowest BCUT2D eigenvalue weighted by Gasteiger charge is -2.69. The van der Waals surface area contributed by atoms with Crippen molar-refractivity contribution >= 4 is 23.9 Å². The molecule has 12 nitrogen and oxygen atoms in total. The van der Waals surface area contributed by atoms with Gasteiger partial charge in [-0.25, -0.2) is 0 Å². The number of cyclic esters (lactones) is 1. The molecular formula is C35H48O12. The van der Waals surface area contributed by atoms with E-state index in [1.165, 1.54) is 19.6 Å². The van der Waals surface area contributed by atoms with Crippen LogP contribution in [0.5, 0.6) is 0 Å². The Morgan fingerprint density at radius 1 is 1.02 bits per heavy atom. The first kappa shape index (κ1) is 33.9. The summed E-state index contributed by atoms with van der Waals surface area (Å²) < 4.78 is 36.0. The summed E-state index contributed by atoms with van der Waals surface area (Å²) in [5.41, 5.74) is -7.41. The third-order valence-electron chi connectivity index (χ3n) is 12.9. The molecule has 2 aliphatic carbocycles. The number of hydrogen-bond acceptors (Lipinski definition) is 12. The summed E-state index contributed by atoms with van der Waals surface area (Å²) in [7, 11) is 1.24. The molecule has 12 atom stereocenters. The molecule has 1 aromatic rings. The van der Waals surface area contributed by atoms with E-state index in [0.717, 1.165) is 0 Å². The van der Waals surface area contributed by atoms with Crippen molar-refractivity contribution in [1.29, 1.82) is 0 Å². The van der Waals surface area contributed by atoms with Crippen molar-refractivity contribution in [2.75, 3.05) is 7.11 Å². The highest BCUT2D eigenvalue weighted by molar-refractivity contribution is 5.78. The molecule has 5 fully saturated rings. The molecule has 2 saturated carbocycles. The van der Waals surface area contributed by atoms with Crippen LogP contribution >= 0.6 is 0 Å². The third kappa shape index (κ3) is 3.92. The van der Waals surface area contributed by atoms with Crippen molar-refractivity contribution in [3.63, 3.8) is 0 Å². The zero-order valence-corrected chi connectivity index (χ0v) is 28.7. The molecule has 1 spiro atoms. The number of fused-ring (bicyclic) bond motifs is 2. The minimum absolute atomic E-state index is 0.177. The van der Waals surface area contributed by atoms with Crippen LogP contribution in [-0.4, -0.2) is 70.4 Å². The molecule has 5 aliphatic rings. The highest BCUT2D eigenvalue weighted by Gasteiger charge is 2.97. The predicted octanol–water partition coefficient (Wildman–Crippen LogP) is 3.86. The van der Waals surface area contributed by atoms with Gasteiger partial charge < -0.3 is 38.3 Å². The number of carbonyl (C=O) groups excluding carboxylic acids is 4. The first-order valence-electron chi connectivity index (χ1n) is 16.7. The fraction of sp³-hybridized carbons (Fsp3) is 0.771. The Morgan fingerprint density at radius 3 is 2.26 bits per heavy atom. The maximum atomic E-state index is 13.9. The second-order valence-corrected chi connectivity index (χ2v) is 15.9. The number of ether oxygens (including phenoxy) is 5. The minimum Gasteiger partial charge on any atom is -0.472 e. The van der Waals surface area contributed by atoms with Crippen LogP contribution in [0.4, 0.5) is 0 Å². The second kappa shape index (κ2) is 10.5. The molecule has 0 aromatic carbocycles. The zero-order valence-electron chi connectivity index (χ0n) is 28.7. The molecule has 0 radical (unpaired) electrons.